The quantitative estimate of drug-likeness (QED) is 0.144. The second-order valence-corrected chi connectivity index (χ2v) is 32.9. The summed E-state index contributed by atoms with van der Waals surface area (Å²) >= 11 is 0. The molecular weight excluding hydrogens is 1290 g/mol. The third-order valence-electron chi connectivity index (χ3n) is 21.8. The van der Waals surface area contributed by atoms with Crippen molar-refractivity contribution in [3.8, 4) is 85.2 Å². The Morgan fingerprint density at radius 2 is 0.585 bits per heavy atom. The van der Waals surface area contributed by atoms with Crippen LogP contribution < -0.4 is 0 Å². The van der Waals surface area contributed by atoms with Crippen LogP contribution in [0.25, 0.3) is 166 Å². The molecule has 18 rings (SSSR count). The van der Waals surface area contributed by atoms with Crippen LogP contribution in [0.3, 0.4) is 0 Å². The van der Waals surface area contributed by atoms with Gasteiger partial charge < -0.3 is 18.3 Å². The molecule has 0 amide bonds. The van der Waals surface area contributed by atoms with Crippen molar-refractivity contribution in [3.05, 3.63) is 307 Å². The minimum Gasteiger partial charge on any atom is -0.309 e. The molecule has 0 radical (unpaired) electrons. The van der Waals surface area contributed by atoms with Crippen LogP contribution in [0, 0.1) is 11.3 Å². The summed E-state index contributed by atoms with van der Waals surface area (Å²) in [6.45, 7) is 27.5. The maximum absolute atomic E-state index is 10.2. The van der Waals surface area contributed by atoms with Crippen molar-refractivity contribution in [3.63, 3.8) is 0 Å². The molecule has 0 saturated heterocycles. The summed E-state index contributed by atoms with van der Waals surface area (Å²) in [5.41, 5.74) is 24.3. The monoisotopic (exact) mass is 1370 g/mol. The lowest BCUT2D eigenvalue weighted by atomic mass is 9.79. The van der Waals surface area contributed by atoms with E-state index in [-0.39, 0.29) is 21.7 Å². The van der Waals surface area contributed by atoms with Crippen molar-refractivity contribution in [2.45, 2.75) is 105 Å². The van der Waals surface area contributed by atoms with Gasteiger partial charge in [-0.1, -0.05) is 229 Å². The lowest BCUT2D eigenvalue weighted by molar-refractivity contribution is 0.568. The zero-order valence-electron chi connectivity index (χ0n) is 62.1. The molecule has 0 aliphatic heterocycles. The van der Waals surface area contributed by atoms with Crippen LogP contribution in [0.5, 0.6) is 0 Å². The molecule has 0 fully saturated rings. The lowest BCUT2D eigenvalue weighted by Gasteiger charge is -2.26. The zero-order chi connectivity index (χ0) is 72.9. The van der Waals surface area contributed by atoms with E-state index >= 15 is 0 Å². The standard InChI is InChI=1S/C98H82N8/c1-95(2,3)66-47-64(48-67(53-66)96(4,5)6)93-100-92(101-94(102-93)65-49-68(97(7,8)9)54-69(50-65)98(10,11)12)63-44-46-86(105-84-37-25-21-33-74(84)80-55-78-72-31-19-23-35-82(72)103(88(78)57-90(80)105)70-27-15-13-16-28-70)77(51-63)76-45-43-62(61-41-39-60(59-99)40-42-61)52-87(76)106-85-38-26-22-34-75(85)81-56-79-73-32-20-24-36-83(73)104(89(79)58-91(81)106)71-29-17-14-18-30-71/h13-58H,1-12H3. The third kappa shape index (κ3) is 11.0. The van der Waals surface area contributed by atoms with Crippen molar-refractivity contribution >= 4 is 87.2 Å². The Kier molecular flexibility index (Phi) is 15.1. The Morgan fingerprint density at radius 3 is 0.981 bits per heavy atom. The van der Waals surface area contributed by atoms with Crippen LogP contribution in [0.2, 0.25) is 0 Å². The SMILES string of the molecule is CC(C)(C)c1cc(-c2nc(-c3cc(C(C)(C)C)cc(C(C)(C)C)c3)nc(-c3ccc(-n4c5ccccc5c5cc6c7ccccc7n(-c7ccccc7)c6cc54)c(-c4ccc(-c5ccc(C#N)cc5)cc4-n4c5ccccc5c5cc6c7ccccc7n(-c7ccccc7)c6cc54)c3)n2)cc(C(C)(C)C)c1. The molecule has 8 heteroatoms. The number of para-hydroxylation sites is 6. The summed E-state index contributed by atoms with van der Waals surface area (Å²) in [6, 6.07) is 105. The van der Waals surface area contributed by atoms with Crippen LogP contribution in [-0.2, 0) is 21.7 Å². The summed E-state index contributed by atoms with van der Waals surface area (Å²) in [7, 11) is 0. The minimum absolute atomic E-state index is 0.172. The highest BCUT2D eigenvalue weighted by Crippen LogP contribution is 2.48. The number of nitrogens with zero attached hydrogens (tertiary/aromatic N) is 8. The first-order chi connectivity index (χ1) is 51.0. The molecule has 0 atom stereocenters. The average Bonchev–Trinajstić information content (AvgIpc) is 1.51. The molecule has 106 heavy (non-hydrogen) atoms. The Hall–Kier alpha value is -12.4. The maximum atomic E-state index is 10.2. The molecule has 18 aromatic rings. The highest BCUT2D eigenvalue weighted by atomic mass is 15.1. The number of hydrogen-bond acceptors (Lipinski definition) is 4. The predicted molar refractivity (Wildman–Crippen MR) is 444 cm³/mol. The van der Waals surface area contributed by atoms with Crippen LogP contribution in [-0.4, -0.2) is 33.2 Å². The molecule has 5 aromatic heterocycles. The van der Waals surface area contributed by atoms with Crippen LogP contribution in [0.4, 0.5) is 0 Å². The van der Waals surface area contributed by atoms with Gasteiger partial charge in [0.25, 0.3) is 0 Å². The number of nitriles is 1. The Morgan fingerprint density at radius 1 is 0.245 bits per heavy atom. The number of fused-ring (bicyclic) bond motifs is 12. The van der Waals surface area contributed by atoms with Gasteiger partial charge >= 0.3 is 0 Å². The molecule has 0 aliphatic carbocycles. The summed E-state index contributed by atoms with van der Waals surface area (Å²) in [6.07, 6.45) is 0. The molecular formula is C98H82N8. The molecule has 0 saturated carbocycles. The van der Waals surface area contributed by atoms with E-state index in [1.807, 2.05) is 12.1 Å². The Bertz CT molecular complexity index is 6500. The Labute approximate surface area is 618 Å². The number of hydrogen-bond donors (Lipinski definition) is 0. The summed E-state index contributed by atoms with van der Waals surface area (Å²) < 4.78 is 9.85. The second-order valence-electron chi connectivity index (χ2n) is 32.9. The van der Waals surface area contributed by atoms with Gasteiger partial charge in [-0.05, 0) is 189 Å². The fourth-order valence-electron chi connectivity index (χ4n) is 16.0. The number of rotatable bonds is 9. The average molecular weight is 1370 g/mol. The summed E-state index contributed by atoms with van der Waals surface area (Å²) in [5.74, 6) is 1.78. The smallest absolute Gasteiger partial charge is 0.164 e. The molecule has 0 unspecified atom stereocenters. The van der Waals surface area contributed by atoms with Crippen LogP contribution in [0.1, 0.15) is 111 Å². The Balaban J connectivity index is 0.988. The van der Waals surface area contributed by atoms with E-state index in [1.165, 1.54) is 43.8 Å². The van der Waals surface area contributed by atoms with Crippen molar-refractivity contribution < 1.29 is 0 Å². The second kappa shape index (κ2) is 24.3. The van der Waals surface area contributed by atoms with Gasteiger partial charge in [-0.15, -0.1) is 0 Å². The maximum Gasteiger partial charge on any atom is 0.164 e. The molecule has 13 aromatic carbocycles. The number of aromatic nitrogens is 7. The third-order valence-corrected chi connectivity index (χ3v) is 21.8. The molecule has 0 aliphatic rings. The van der Waals surface area contributed by atoms with Gasteiger partial charge in [-0.2, -0.15) is 5.26 Å². The van der Waals surface area contributed by atoms with Crippen molar-refractivity contribution in [1.29, 1.82) is 5.26 Å². The molecule has 514 valence electrons. The molecule has 0 spiro atoms. The molecule has 8 nitrogen and oxygen atoms in total. The van der Waals surface area contributed by atoms with Gasteiger partial charge in [0.1, 0.15) is 0 Å². The van der Waals surface area contributed by atoms with Gasteiger partial charge in [0, 0.05) is 82.3 Å². The first-order valence-electron chi connectivity index (χ1n) is 37.0. The predicted octanol–water partition coefficient (Wildman–Crippen LogP) is 25.7. The molecule has 0 N–H and O–H groups in total. The van der Waals surface area contributed by atoms with Gasteiger partial charge in [0.15, 0.2) is 17.5 Å². The van der Waals surface area contributed by atoms with Gasteiger partial charge in [-0.3, -0.25) is 0 Å². The van der Waals surface area contributed by atoms with Gasteiger partial charge in [0.05, 0.1) is 67.1 Å². The van der Waals surface area contributed by atoms with Crippen LogP contribution in [0.15, 0.2) is 279 Å². The lowest BCUT2D eigenvalue weighted by Crippen LogP contribution is -2.17. The largest absolute Gasteiger partial charge is 0.309 e. The van der Waals surface area contributed by atoms with E-state index in [9.17, 15) is 5.26 Å². The number of benzene rings is 13. The summed E-state index contributed by atoms with van der Waals surface area (Å²) in [4.78, 5) is 17.1. The van der Waals surface area contributed by atoms with E-state index in [2.05, 4.69) is 374 Å². The van der Waals surface area contributed by atoms with Gasteiger partial charge in [-0.25, -0.2) is 15.0 Å². The normalized spacial score (nSPS) is 12.5. The highest BCUT2D eigenvalue weighted by molar-refractivity contribution is 6.21. The molecule has 5 heterocycles. The van der Waals surface area contributed by atoms with E-state index in [0.29, 0.717) is 23.0 Å². The fraction of sp³-hybridized carbons (Fsp3) is 0.163. The fourth-order valence-corrected chi connectivity index (χ4v) is 16.0. The minimum atomic E-state index is -0.172. The first-order valence-corrected chi connectivity index (χ1v) is 37.0. The topological polar surface area (TPSA) is 82.2 Å². The van der Waals surface area contributed by atoms with Crippen LogP contribution >= 0.6 is 0 Å². The van der Waals surface area contributed by atoms with E-state index < -0.39 is 0 Å². The van der Waals surface area contributed by atoms with E-state index in [0.717, 1.165) is 127 Å². The van der Waals surface area contributed by atoms with E-state index in [1.54, 1.807) is 0 Å². The van der Waals surface area contributed by atoms with Crippen molar-refractivity contribution in [2.75, 3.05) is 0 Å². The highest BCUT2D eigenvalue weighted by Gasteiger charge is 2.29. The van der Waals surface area contributed by atoms with E-state index in [4.69, 9.17) is 15.0 Å². The first kappa shape index (κ1) is 65.6. The zero-order valence-corrected chi connectivity index (χ0v) is 62.1. The molecule has 0 bridgehead atoms. The van der Waals surface area contributed by atoms with Crippen molar-refractivity contribution in [1.82, 2.24) is 33.2 Å². The summed E-state index contributed by atoms with van der Waals surface area (Å²) in [5, 5.41) is 19.5. The van der Waals surface area contributed by atoms with Gasteiger partial charge in [0.2, 0.25) is 0 Å². The van der Waals surface area contributed by atoms with Crippen molar-refractivity contribution in [2.24, 2.45) is 0 Å².